The Kier molecular flexibility index (Phi) is 2.18. The lowest BCUT2D eigenvalue weighted by molar-refractivity contribution is 0.151. The quantitative estimate of drug-likeness (QED) is 0.837. The van der Waals surface area contributed by atoms with Gasteiger partial charge in [-0.15, -0.1) is 0 Å². The Morgan fingerprint density at radius 2 is 1.94 bits per heavy atom. The number of hydrogen-bond acceptors (Lipinski definition) is 2. The van der Waals surface area contributed by atoms with Crippen molar-refractivity contribution in [1.82, 2.24) is 9.55 Å². The van der Waals surface area contributed by atoms with Gasteiger partial charge in [0.1, 0.15) is 5.82 Å². The van der Waals surface area contributed by atoms with Crippen LogP contribution in [0.5, 0.6) is 0 Å². The molecule has 1 fully saturated rings. The molecule has 0 spiro atoms. The van der Waals surface area contributed by atoms with E-state index in [0.717, 1.165) is 35.3 Å². The summed E-state index contributed by atoms with van der Waals surface area (Å²) in [5, 5.41) is 10.2. The summed E-state index contributed by atoms with van der Waals surface area (Å²) in [6.45, 7) is 6.51. The highest BCUT2D eigenvalue weighted by molar-refractivity contribution is 5.77. The lowest BCUT2D eigenvalue weighted by atomic mass is 9.96. The molecule has 96 valence electrons. The van der Waals surface area contributed by atoms with Crippen LogP contribution in [0.15, 0.2) is 18.2 Å². The molecule has 3 rings (SSSR count). The molecule has 18 heavy (non-hydrogen) atoms. The average Bonchev–Trinajstić information content (AvgIpc) is 2.94. The van der Waals surface area contributed by atoms with E-state index in [1.54, 1.807) is 0 Å². The Balaban J connectivity index is 2.18. The number of imidazole rings is 1. The molecule has 0 atom stereocenters. The van der Waals surface area contributed by atoms with Gasteiger partial charge < -0.3 is 9.67 Å². The zero-order valence-electron chi connectivity index (χ0n) is 11.5. The summed E-state index contributed by atoms with van der Waals surface area (Å²) in [4.78, 5) is 4.74. The Morgan fingerprint density at radius 3 is 2.50 bits per heavy atom. The van der Waals surface area contributed by atoms with Crippen molar-refractivity contribution in [3.8, 4) is 0 Å². The van der Waals surface area contributed by atoms with Crippen molar-refractivity contribution in [2.75, 3.05) is 0 Å². The predicted molar refractivity (Wildman–Crippen MR) is 72.5 cm³/mol. The summed E-state index contributed by atoms with van der Waals surface area (Å²) in [5.74, 6) is 1.08. The first-order chi connectivity index (χ1) is 8.31. The standard InChI is InChI=1S/C15H20N2O/c1-14(2,3)13-16-11-9-10(15(18)7-8-15)5-6-12(11)17(13)4/h5-6,9,18H,7-8H2,1-4H3. The minimum absolute atomic E-state index is 0.0322. The molecule has 1 aromatic carbocycles. The summed E-state index contributed by atoms with van der Waals surface area (Å²) in [7, 11) is 2.06. The first kappa shape index (κ1) is 11.7. The van der Waals surface area contributed by atoms with Crippen molar-refractivity contribution in [1.29, 1.82) is 0 Å². The molecule has 1 aliphatic carbocycles. The second-order valence-corrected chi connectivity index (χ2v) is 6.48. The van der Waals surface area contributed by atoms with Crippen LogP contribution in [-0.2, 0) is 18.1 Å². The fourth-order valence-corrected chi connectivity index (χ4v) is 2.57. The molecular formula is C15H20N2O. The van der Waals surface area contributed by atoms with E-state index in [0.29, 0.717) is 0 Å². The Morgan fingerprint density at radius 1 is 1.28 bits per heavy atom. The summed E-state index contributed by atoms with van der Waals surface area (Å²) in [6, 6.07) is 6.14. The number of rotatable bonds is 1. The van der Waals surface area contributed by atoms with Crippen LogP contribution in [-0.4, -0.2) is 14.7 Å². The van der Waals surface area contributed by atoms with Crippen LogP contribution in [0, 0.1) is 0 Å². The molecule has 1 heterocycles. The highest BCUT2D eigenvalue weighted by atomic mass is 16.3. The third-order valence-corrected chi connectivity index (χ3v) is 3.81. The van der Waals surface area contributed by atoms with Crippen LogP contribution in [0.3, 0.4) is 0 Å². The lowest BCUT2D eigenvalue weighted by Crippen LogP contribution is -2.17. The fourth-order valence-electron chi connectivity index (χ4n) is 2.57. The van der Waals surface area contributed by atoms with Gasteiger partial charge in [0.05, 0.1) is 16.6 Å². The molecule has 1 aliphatic rings. The van der Waals surface area contributed by atoms with Crippen LogP contribution in [0.25, 0.3) is 11.0 Å². The smallest absolute Gasteiger partial charge is 0.115 e. The van der Waals surface area contributed by atoms with E-state index in [9.17, 15) is 5.11 Å². The van der Waals surface area contributed by atoms with Crippen LogP contribution >= 0.6 is 0 Å². The van der Waals surface area contributed by atoms with Crippen LogP contribution < -0.4 is 0 Å². The Hall–Kier alpha value is -1.35. The van der Waals surface area contributed by atoms with Gasteiger partial charge in [0, 0.05) is 12.5 Å². The van der Waals surface area contributed by atoms with Gasteiger partial charge in [-0.2, -0.15) is 0 Å². The van der Waals surface area contributed by atoms with E-state index < -0.39 is 5.60 Å². The third kappa shape index (κ3) is 1.65. The van der Waals surface area contributed by atoms with Crippen molar-refractivity contribution in [2.24, 2.45) is 7.05 Å². The van der Waals surface area contributed by atoms with Crippen molar-refractivity contribution in [2.45, 2.75) is 44.6 Å². The van der Waals surface area contributed by atoms with E-state index in [4.69, 9.17) is 4.98 Å². The fraction of sp³-hybridized carbons (Fsp3) is 0.533. The topological polar surface area (TPSA) is 38.0 Å². The molecule has 0 saturated heterocycles. The van der Waals surface area contributed by atoms with Crippen molar-refractivity contribution < 1.29 is 5.11 Å². The summed E-state index contributed by atoms with van der Waals surface area (Å²) in [5.41, 5.74) is 2.58. The Labute approximate surface area is 107 Å². The zero-order valence-corrected chi connectivity index (χ0v) is 11.5. The van der Waals surface area contributed by atoms with E-state index >= 15 is 0 Å². The van der Waals surface area contributed by atoms with Gasteiger partial charge in [-0.25, -0.2) is 4.98 Å². The normalized spacial score (nSPS) is 18.3. The number of benzene rings is 1. The maximum atomic E-state index is 10.2. The van der Waals surface area contributed by atoms with Gasteiger partial charge in [-0.3, -0.25) is 0 Å². The molecule has 0 unspecified atom stereocenters. The molecule has 1 N–H and O–H groups in total. The van der Waals surface area contributed by atoms with Crippen LogP contribution in [0.4, 0.5) is 0 Å². The molecule has 0 radical (unpaired) electrons. The SMILES string of the molecule is Cn1c(C(C)(C)C)nc2cc(C3(O)CC3)ccc21. The molecule has 0 amide bonds. The minimum atomic E-state index is -0.576. The summed E-state index contributed by atoms with van der Waals surface area (Å²) < 4.78 is 2.15. The molecule has 0 aliphatic heterocycles. The Bertz CT molecular complexity index is 615. The van der Waals surface area contributed by atoms with Crippen molar-refractivity contribution in [3.63, 3.8) is 0 Å². The van der Waals surface area contributed by atoms with Gasteiger partial charge in [0.2, 0.25) is 0 Å². The molecule has 3 heteroatoms. The van der Waals surface area contributed by atoms with Gasteiger partial charge in [-0.1, -0.05) is 26.8 Å². The lowest BCUT2D eigenvalue weighted by Gasteiger charge is -2.17. The second kappa shape index (κ2) is 3.35. The van der Waals surface area contributed by atoms with Gasteiger partial charge in [-0.05, 0) is 30.5 Å². The molecule has 3 nitrogen and oxygen atoms in total. The van der Waals surface area contributed by atoms with Gasteiger partial charge in [0.15, 0.2) is 0 Å². The zero-order chi connectivity index (χ0) is 13.1. The molecule has 1 aromatic heterocycles. The molecular weight excluding hydrogens is 224 g/mol. The number of aryl methyl sites for hydroxylation is 1. The van der Waals surface area contributed by atoms with Crippen LogP contribution in [0.2, 0.25) is 0 Å². The monoisotopic (exact) mass is 244 g/mol. The van der Waals surface area contributed by atoms with E-state index in [2.05, 4.69) is 38.5 Å². The van der Waals surface area contributed by atoms with E-state index in [-0.39, 0.29) is 5.41 Å². The molecule has 2 aromatic rings. The minimum Gasteiger partial charge on any atom is -0.385 e. The van der Waals surface area contributed by atoms with Crippen LogP contribution in [0.1, 0.15) is 45.0 Å². The highest BCUT2D eigenvalue weighted by Crippen LogP contribution is 2.45. The van der Waals surface area contributed by atoms with Crippen molar-refractivity contribution >= 4 is 11.0 Å². The summed E-state index contributed by atoms with van der Waals surface area (Å²) in [6.07, 6.45) is 1.74. The number of fused-ring (bicyclic) bond motifs is 1. The average molecular weight is 244 g/mol. The van der Waals surface area contributed by atoms with Crippen molar-refractivity contribution in [3.05, 3.63) is 29.6 Å². The first-order valence-corrected chi connectivity index (χ1v) is 6.51. The number of nitrogens with zero attached hydrogens (tertiary/aromatic N) is 2. The van der Waals surface area contributed by atoms with E-state index in [1.165, 1.54) is 0 Å². The maximum absolute atomic E-state index is 10.2. The molecule has 1 saturated carbocycles. The maximum Gasteiger partial charge on any atom is 0.115 e. The number of hydrogen-bond donors (Lipinski definition) is 1. The predicted octanol–water partition coefficient (Wildman–Crippen LogP) is 2.85. The second-order valence-electron chi connectivity index (χ2n) is 6.48. The number of aliphatic hydroxyl groups is 1. The highest BCUT2D eigenvalue weighted by Gasteiger charge is 2.42. The number of aromatic nitrogens is 2. The summed E-state index contributed by atoms with van der Waals surface area (Å²) >= 11 is 0. The van der Waals surface area contributed by atoms with Gasteiger partial charge in [0.25, 0.3) is 0 Å². The van der Waals surface area contributed by atoms with Gasteiger partial charge >= 0.3 is 0 Å². The largest absolute Gasteiger partial charge is 0.385 e. The third-order valence-electron chi connectivity index (χ3n) is 3.81. The van der Waals surface area contributed by atoms with E-state index in [1.807, 2.05) is 12.1 Å². The first-order valence-electron chi connectivity index (χ1n) is 6.51. The molecule has 0 bridgehead atoms.